The summed E-state index contributed by atoms with van der Waals surface area (Å²) in [6, 6.07) is 5.26. The zero-order valence-corrected chi connectivity index (χ0v) is 9.26. The van der Waals surface area contributed by atoms with Crippen LogP contribution in [0, 0.1) is 0 Å². The van der Waals surface area contributed by atoms with Crippen molar-refractivity contribution in [2.45, 2.75) is 6.42 Å². The van der Waals surface area contributed by atoms with Gasteiger partial charge in [0, 0.05) is 12.5 Å². The van der Waals surface area contributed by atoms with E-state index in [1.54, 1.807) is 18.2 Å². The van der Waals surface area contributed by atoms with E-state index in [4.69, 9.17) is 25.2 Å². The van der Waals surface area contributed by atoms with E-state index in [-0.39, 0.29) is 12.4 Å². The third-order valence-corrected chi connectivity index (χ3v) is 2.23. The molecule has 0 amide bonds. The SMILES string of the molecule is N/C(COc1ccc2c(c1)OCCCO2)=N\O. The number of hydrogen-bond acceptors (Lipinski definition) is 5. The van der Waals surface area contributed by atoms with Crippen molar-refractivity contribution in [2.24, 2.45) is 10.9 Å². The highest BCUT2D eigenvalue weighted by molar-refractivity contribution is 5.81. The molecule has 6 heteroatoms. The lowest BCUT2D eigenvalue weighted by Gasteiger charge is -2.10. The van der Waals surface area contributed by atoms with Crippen LogP contribution in [0.25, 0.3) is 0 Å². The minimum absolute atomic E-state index is 0.0112. The van der Waals surface area contributed by atoms with Crippen molar-refractivity contribution in [3.8, 4) is 17.2 Å². The third-order valence-electron chi connectivity index (χ3n) is 2.23. The van der Waals surface area contributed by atoms with Gasteiger partial charge in [-0.1, -0.05) is 5.16 Å². The average Bonchev–Trinajstić information content (AvgIpc) is 2.60. The van der Waals surface area contributed by atoms with Gasteiger partial charge < -0.3 is 25.2 Å². The summed E-state index contributed by atoms with van der Waals surface area (Å²) in [5.41, 5.74) is 5.30. The quantitative estimate of drug-likeness (QED) is 0.354. The number of hydrogen-bond donors (Lipinski definition) is 2. The second kappa shape index (κ2) is 5.29. The molecule has 0 bridgehead atoms. The summed E-state index contributed by atoms with van der Waals surface area (Å²) in [5, 5.41) is 11.2. The van der Waals surface area contributed by atoms with Crippen molar-refractivity contribution in [1.29, 1.82) is 0 Å². The Morgan fingerprint density at radius 2 is 2.12 bits per heavy atom. The van der Waals surface area contributed by atoms with E-state index in [0.717, 1.165) is 6.42 Å². The van der Waals surface area contributed by atoms with Crippen molar-refractivity contribution in [3.63, 3.8) is 0 Å². The Morgan fingerprint density at radius 3 is 2.88 bits per heavy atom. The number of nitrogens with two attached hydrogens (primary N) is 1. The van der Waals surface area contributed by atoms with Crippen LogP contribution in [-0.2, 0) is 0 Å². The van der Waals surface area contributed by atoms with Crippen LogP contribution >= 0.6 is 0 Å². The monoisotopic (exact) mass is 238 g/mol. The molecule has 1 aromatic rings. The molecule has 1 aromatic carbocycles. The van der Waals surface area contributed by atoms with Gasteiger partial charge in [0.1, 0.15) is 12.4 Å². The highest BCUT2D eigenvalue weighted by atomic mass is 16.5. The van der Waals surface area contributed by atoms with Crippen LogP contribution in [0.1, 0.15) is 6.42 Å². The molecular formula is C11H14N2O4. The van der Waals surface area contributed by atoms with Gasteiger partial charge in [-0.15, -0.1) is 0 Å². The predicted molar refractivity (Wildman–Crippen MR) is 61.0 cm³/mol. The molecule has 6 nitrogen and oxygen atoms in total. The first-order valence-corrected chi connectivity index (χ1v) is 5.28. The van der Waals surface area contributed by atoms with Crippen molar-refractivity contribution in [3.05, 3.63) is 18.2 Å². The van der Waals surface area contributed by atoms with Gasteiger partial charge in [0.15, 0.2) is 17.3 Å². The fourth-order valence-corrected chi connectivity index (χ4v) is 1.42. The van der Waals surface area contributed by atoms with Gasteiger partial charge in [-0.3, -0.25) is 0 Å². The van der Waals surface area contributed by atoms with E-state index >= 15 is 0 Å². The van der Waals surface area contributed by atoms with Crippen LogP contribution in [0.15, 0.2) is 23.4 Å². The molecule has 1 heterocycles. The number of rotatable bonds is 3. The lowest BCUT2D eigenvalue weighted by molar-refractivity contribution is 0.296. The molecule has 1 aliphatic heterocycles. The maximum Gasteiger partial charge on any atom is 0.177 e. The molecule has 0 aromatic heterocycles. The number of nitrogens with zero attached hydrogens (tertiary/aromatic N) is 1. The largest absolute Gasteiger partial charge is 0.490 e. The molecule has 0 atom stereocenters. The Hall–Kier alpha value is -2.11. The first-order chi connectivity index (χ1) is 8.29. The predicted octanol–water partition coefficient (Wildman–Crippen LogP) is 0.973. The van der Waals surface area contributed by atoms with Crippen LogP contribution in [0.3, 0.4) is 0 Å². The average molecular weight is 238 g/mol. The highest BCUT2D eigenvalue weighted by Crippen LogP contribution is 2.33. The summed E-state index contributed by atoms with van der Waals surface area (Å²) in [6.07, 6.45) is 0.856. The fourth-order valence-electron chi connectivity index (χ4n) is 1.42. The van der Waals surface area contributed by atoms with E-state index in [9.17, 15) is 0 Å². The molecule has 2 rings (SSSR count). The van der Waals surface area contributed by atoms with Gasteiger partial charge in [-0.25, -0.2) is 0 Å². The molecule has 3 N–H and O–H groups in total. The molecule has 0 saturated heterocycles. The Kier molecular flexibility index (Phi) is 3.54. The van der Waals surface area contributed by atoms with Gasteiger partial charge >= 0.3 is 0 Å². The van der Waals surface area contributed by atoms with E-state index in [0.29, 0.717) is 30.5 Å². The van der Waals surface area contributed by atoms with Crippen molar-refractivity contribution in [1.82, 2.24) is 0 Å². The Balaban J connectivity index is 2.07. The molecule has 0 fully saturated rings. The molecule has 0 spiro atoms. The summed E-state index contributed by atoms with van der Waals surface area (Å²) in [6.45, 7) is 1.30. The Morgan fingerprint density at radius 1 is 1.35 bits per heavy atom. The van der Waals surface area contributed by atoms with Gasteiger partial charge in [-0.05, 0) is 12.1 Å². The number of oxime groups is 1. The fraction of sp³-hybridized carbons (Fsp3) is 0.364. The second-order valence-electron chi connectivity index (χ2n) is 3.54. The smallest absolute Gasteiger partial charge is 0.177 e. The van der Waals surface area contributed by atoms with Crippen LogP contribution in [0.5, 0.6) is 17.2 Å². The topological polar surface area (TPSA) is 86.3 Å². The van der Waals surface area contributed by atoms with Gasteiger partial charge in [0.05, 0.1) is 13.2 Å². The normalized spacial score (nSPS) is 15.2. The molecular weight excluding hydrogens is 224 g/mol. The summed E-state index contributed by atoms with van der Waals surface area (Å²) in [5.74, 6) is 1.95. The van der Waals surface area contributed by atoms with Gasteiger partial charge in [0.25, 0.3) is 0 Å². The number of benzene rings is 1. The van der Waals surface area contributed by atoms with Crippen LogP contribution in [0.2, 0.25) is 0 Å². The first kappa shape index (κ1) is 11.4. The Bertz CT molecular complexity index is 420. The summed E-state index contributed by atoms with van der Waals surface area (Å²) in [7, 11) is 0. The van der Waals surface area contributed by atoms with Crippen LogP contribution in [-0.4, -0.2) is 30.9 Å². The van der Waals surface area contributed by atoms with Crippen LogP contribution in [0.4, 0.5) is 0 Å². The lowest BCUT2D eigenvalue weighted by Crippen LogP contribution is -2.20. The van der Waals surface area contributed by atoms with E-state index in [1.807, 2.05) is 0 Å². The molecule has 0 aliphatic carbocycles. The summed E-state index contributed by atoms with van der Waals surface area (Å²) in [4.78, 5) is 0. The highest BCUT2D eigenvalue weighted by Gasteiger charge is 2.11. The zero-order valence-electron chi connectivity index (χ0n) is 9.26. The zero-order chi connectivity index (χ0) is 12.1. The molecule has 0 saturated carbocycles. The number of ether oxygens (including phenoxy) is 3. The maximum atomic E-state index is 8.38. The molecule has 1 aliphatic rings. The van der Waals surface area contributed by atoms with Gasteiger partial charge in [0.2, 0.25) is 0 Å². The molecule has 17 heavy (non-hydrogen) atoms. The summed E-state index contributed by atoms with van der Waals surface area (Å²) >= 11 is 0. The van der Waals surface area contributed by atoms with Crippen LogP contribution < -0.4 is 19.9 Å². The van der Waals surface area contributed by atoms with E-state index in [1.165, 1.54) is 0 Å². The summed E-state index contributed by atoms with van der Waals surface area (Å²) < 4.78 is 16.3. The molecule has 92 valence electrons. The van der Waals surface area contributed by atoms with Gasteiger partial charge in [-0.2, -0.15) is 0 Å². The van der Waals surface area contributed by atoms with Crippen molar-refractivity contribution in [2.75, 3.05) is 19.8 Å². The number of fused-ring (bicyclic) bond motifs is 1. The maximum absolute atomic E-state index is 8.38. The first-order valence-electron chi connectivity index (χ1n) is 5.28. The Labute approximate surface area is 98.6 Å². The van der Waals surface area contributed by atoms with E-state index in [2.05, 4.69) is 5.16 Å². The second-order valence-corrected chi connectivity index (χ2v) is 3.54. The minimum atomic E-state index is 0.0112. The standard InChI is InChI=1S/C11H14N2O4/c12-11(13-14)7-17-8-2-3-9-10(6-8)16-5-1-4-15-9/h2-3,6,14H,1,4-5,7H2,(H2,12,13). The van der Waals surface area contributed by atoms with Crippen molar-refractivity contribution < 1.29 is 19.4 Å². The minimum Gasteiger partial charge on any atom is -0.490 e. The lowest BCUT2D eigenvalue weighted by atomic mass is 10.3. The molecule has 0 radical (unpaired) electrons. The van der Waals surface area contributed by atoms with Crippen molar-refractivity contribution >= 4 is 5.84 Å². The third kappa shape index (κ3) is 2.93. The van der Waals surface area contributed by atoms with E-state index < -0.39 is 0 Å². The number of amidine groups is 1. The molecule has 0 unspecified atom stereocenters.